The molecule has 81 heavy (non-hydrogen) atoms. The molecule has 25 heteroatoms. The molecule has 2 aliphatic rings. The molecule has 8 N–H and O–H groups in total. The first-order valence-corrected chi connectivity index (χ1v) is 26.1. The van der Waals surface area contributed by atoms with Crippen LogP contribution >= 0.6 is 0 Å². The lowest BCUT2D eigenvalue weighted by Gasteiger charge is -2.26. The van der Waals surface area contributed by atoms with Gasteiger partial charge in [0.2, 0.25) is 5.91 Å². The summed E-state index contributed by atoms with van der Waals surface area (Å²) in [5, 5.41) is 36.8. The number of rotatable bonds is 29. The van der Waals surface area contributed by atoms with Crippen molar-refractivity contribution in [3.05, 3.63) is 97.1 Å². The summed E-state index contributed by atoms with van der Waals surface area (Å²) >= 11 is 0. The van der Waals surface area contributed by atoms with Crippen molar-refractivity contribution in [3.63, 3.8) is 0 Å². The number of aliphatic carboxylic acids is 1. The zero-order valence-corrected chi connectivity index (χ0v) is 45.5. The van der Waals surface area contributed by atoms with Crippen LogP contribution in [-0.2, 0) is 60.9 Å². The van der Waals surface area contributed by atoms with Crippen molar-refractivity contribution >= 4 is 59.9 Å². The molecular weight excluding hydrogens is 1060 g/mol. The molecule has 0 radical (unpaired) electrons. The fourth-order valence-electron chi connectivity index (χ4n) is 7.68. The average molecular weight is 1140 g/mol. The lowest BCUT2D eigenvalue weighted by atomic mass is 10.0. The number of nitrogens with one attached hydrogen (secondary N) is 3. The summed E-state index contributed by atoms with van der Waals surface area (Å²) in [6.45, 7) is 14.9. The highest BCUT2D eigenvalue weighted by Crippen LogP contribution is 2.22. The fourth-order valence-corrected chi connectivity index (χ4v) is 7.68. The van der Waals surface area contributed by atoms with E-state index in [1.807, 2.05) is 26.0 Å². The Labute approximate surface area is 475 Å². The Bertz CT molecular complexity index is 2310. The van der Waals surface area contributed by atoms with Crippen molar-refractivity contribution in [3.8, 4) is 0 Å². The van der Waals surface area contributed by atoms with Gasteiger partial charge in [-0.1, -0.05) is 114 Å². The number of aliphatic hydroxyl groups is 2. The third-order valence-corrected chi connectivity index (χ3v) is 11.7. The number of imide groups is 2. The molecule has 0 aliphatic carbocycles. The highest BCUT2D eigenvalue weighted by Gasteiger charge is 2.48. The zero-order chi connectivity index (χ0) is 58.9. The van der Waals surface area contributed by atoms with Crippen LogP contribution in [0.2, 0.25) is 0 Å². The maximum absolute atomic E-state index is 13.3. The van der Waals surface area contributed by atoms with Crippen LogP contribution in [0.25, 0.3) is 0 Å². The van der Waals surface area contributed by atoms with E-state index in [1.165, 1.54) is 15.9 Å². The zero-order valence-electron chi connectivity index (χ0n) is 45.5. The lowest BCUT2D eigenvalue weighted by Crippen LogP contribution is -2.56. The van der Waals surface area contributed by atoms with Crippen LogP contribution in [0.3, 0.4) is 0 Å². The van der Waals surface area contributed by atoms with Gasteiger partial charge >= 0.3 is 42.2 Å². The number of ether oxygens (including phenoxy) is 4. The van der Waals surface area contributed by atoms with E-state index >= 15 is 0 Å². The van der Waals surface area contributed by atoms with Gasteiger partial charge in [0.1, 0.15) is 25.4 Å². The Morgan fingerprint density at radius 1 is 0.642 bits per heavy atom. The number of carbonyl (C=O) groups is 10. The van der Waals surface area contributed by atoms with Crippen molar-refractivity contribution in [2.24, 2.45) is 5.73 Å². The molecule has 2 saturated heterocycles. The van der Waals surface area contributed by atoms with Gasteiger partial charge in [-0.2, -0.15) is 0 Å². The van der Waals surface area contributed by atoms with E-state index in [9.17, 15) is 63.3 Å². The van der Waals surface area contributed by atoms with Gasteiger partial charge in [-0.25, -0.2) is 33.8 Å². The van der Waals surface area contributed by atoms with Gasteiger partial charge < -0.3 is 65.8 Å². The lowest BCUT2D eigenvalue weighted by molar-refractivity contribution is -0.144. The number of benzene rings is 2. The number of amides is 9. The van der Waals surface area contributed by atoms with Crippen molar-refractivity contribution < 1.29 is 82.2 Å². The van der Waals surface area contributed by atoms with E-state index in [2.05, 4.69) is 29.1 Å². The minimum atomic E-state index is -1.55. The first-order chi connectivity index (χ1) is 37.8. The van der Waals surface area contributed by atoms with Gasteiger partial charge in [0.15, 0.2) is 12.1 Å². The molecule has 0 bridgehead atoms. The van der Waals surface area contributed by atoms with Crippen LogP contribution in [0.15, 0.2) is 86.0 Å². The smallest absolute Gasteiger partial charge is 0.419 e. The molecule has 2 fully saturated rings. The Kier molecular flexibility index (Phi) is 36.4. The SMILES string of the molecule is C.C.C=CCNC(=O)C(O)C(CCC)NC(=O)[C@@H]1CN(CCCC(=O)OCC)C(=O)N1C(=O)OCc1ccccc1.C=CCNC(=O)C(O)C(N)CCC.CCOC(=O)CCCN1C[C@@H](C(=O)O)N(C(=O)OCc2ccccc2)C1=O. The summed E-state index contributed by atoms with van der Waals surface area (Å²) in [6.07, 6.45) is 1.40. The van der Waals surface area contributed by atoms with Crippen molar-refractivity contribution in [1.82, 2.24) is 35.6 Å². The molecule has 2 heterocycles. The van der Waals surface area contributed by atoms with Crippen LogP contribution in [0.1, 0.15) is 105 Å². The average Bonchev–Trinajstić information content (AvgIpc) is 3.95. The van der Waals surface area contributed by atoms with Crippen molar-refractivity contribution in [1.29, 1.82) is 0 Å². The molecule has 4 rings (SSSR count). The van der Waals surface area contributed by atoms with Crippen LogP contribution < -0.4 is 21.7 Å². The maximum atomic E-state index is 13.3. The van der Waals surface area contributed by atoms with Crippen LogP contribution in [0.4, 0.5) is 19.2 Å². The van der Waals surface area contributed by atoms with Crippen molar-refractivity contribution in [2.75, 3.05) is 52.5 Å². The summed E-state index contributed by atoms with van der Waals surface area (Å²) in [7, 11) is 0. The normalized spacial score (nSPS) is 15.6. The van der Waals surface area contributed by atoms with Crippen LogP contribution in [-0.4, -0.2) is 184 Å². The van der Waals surface area contributed by atoms with Crippen LogP contribution in [0.5, 0.6) is 0 Å². The molecule has 0 aromatic heterocycles. The van der Waals surface area contributed by atoms with Gasteiger partial charge in [-0.3, -0.25) is 24.0 Å². The molecular formula is C56H86N8O17. The second-order valence-electron chi connectivity index (χ2n) is 17.8. The van der Waals surface area contributed by atoms with E-state index in [-0.39, 0.29) is 99.7 Å². The molecule has 25 nitrogen and oxygen atoms in total. The van der Waals surface area contributed by atoms with E-state index < -0.39 is 96.3 Å². The largest absolute Gasteiger partial charge is 0.480 e. The Balaban J connectivity index is 0.00000132. The van der Waals surface area contributed by atoms with Crippen LogP contribution in [0, 0.1) is 0 Å². The second-order valence-corrected chi connectivity index (χ2v) is 17.8. The number of carbonyl (C=O) groups excluding carboxylic acids is 9. The van der Waals surface area contributed by atoms with E-state index in [0.717, 1.165) is 16.9 Å². The number of hydrogen-bond donors (Lipinski definition) is 7. The third kappa shape index (κ3) is 25.4. The number of aliphatic hydroxyl groups excluding tert-OH is 2. The number of hydrogen-bond acceptors (Lipinski definition) is 17. The second kappa shape index (κ2) is 40.3. The highest BCUT2D eigenvalue weighted by atomic mass is 16.6. The molecule has 2 aromatic rings. The number of nitrogens with zero attached hydrogens (tertiary/aromatic N) is 4. The monoisotopic (exact) mass is 1140 g/mol. The molecule has 9 amide bonds. The summed E-state index contributed by atoms with van der Waals surface area (Å²) in [4.78, 5) is 126. The first kappa shape index (κ1) is 73.1. The standard InChI is InChI=1S/C27H38N4O8.C18H22N2O7.C9H18N2O2.2CH4/c1-4-11-20(23(33)25(35)28-15-5-2)29-24(34)21-17-30(16-10-14-22(32)38-6-3)26(36)31(21)27(37)39-18-19-12-8-7-9-13-19;1-2-26-15(21)9-6-10-19-11-14(16(22)23)20(17(19)24)18(25)27-12-13-7-4-3-5-8-13;1-3-5-7(10)8(12)9(13)11-6-4-2;;/h5,7-9,12-13,20-21,23,33H,2,4,6,10-11,14-18H2,1,3H3,(H,28,35)(H,29,34);3-5,7-8,14H,2,6,9-12H2,1H3,(H,22,23);4,7-8,12H,2-3,5-6,10H2,1H3,(H,11,13);2*1H4/t20?,21-,23?;14-;;;/m00.../s1. The molecule has 452 valence electrons. The fraction of sp³-hybridized carbons (Fsp3) is 0.536. The molecule has 6 atom stereocenters. The minimum absolute atomic E-state index is 0. The van der Waals surface area contributed by atoms with Gasteiger partial charge in [-0.15, -0.1) is 13.2 Å². The van der Waals surface area contributed by atoms with Gasteiger partial charge in [0.05, 0.1) is 32.3 Å². The molecule has 0 spiro atoms. The predicted molar refractivity (Wildman–Crippen MR) is 299 cm³/mol. The molecule has 4 unspecified atom stereocenters. The van der Waals surface area contributed by atoms with E-state index in [4.69, 9.17) is 24.7 Å². The predicted octanol–water partition coefficient (Wildman–Crippen LogP) is 4.63. The number of esters is 2. The highest BCUT2D eigenvalue weighted by molar-refractivity contribution is 6.01. The minimum Gasteiger partial charge on any atom is -0.480 e. The maximum Gasteiger partial charge on any atom is 0.419 e. The van der Waals surface area contributed by atoms with E-state index in [1.54, 1.807) is 68.5 Å². The molecule has 2 aromatic carbocycles. The first-order valence-electron chi connectivity index (χ1n) is 26.1. The number of carboxylic acids is 1. The van der Waals surface area contributed by atoms with Gasteiger partial charge in [0.25, 0.3) is 11.8 Å². The summed E-state index contributed by atoms with van der Waals surface area (Å²) in [5.41, 5.74) is 6.98. The number of nitrogens with two attached hydrogens (primary N) is 1. The number of carboxylic acid groups (broad SMARTS) is 1. The Hall–Kier alpha value is -7.90. The summed E-state index contributed by atoms with van der Waals surface area (Å²) in [5.74, 6) is -3.94. The van der Waals surface area contributed by atoms with Gasteiger partial charge in [-0.05, 0) is 50.7 Å². The third-order valence-electron chi connectivity index (χ3n) is 11.7. The molecule has 0 saturated carbocycles. The van der Waals surface area contributed by atoms with E-state index in [0.29, 0.717) is 36.3 Å². The van der Waals surface area contributed by atoms with Gasteiger partial charge in [0, 0.05) is 45.1 Å². The number of urea groups is 2. The Morgan fingerprint density at radius 3 is 1.44 bits per heavy atom. The summed E-state index contributed by atoms with van der Waals surface area (Å²) in [6, 6.07) is 12.2. The quantitative estimate of drug-likeness (QED) is 0.0332. The summed E-state index contributed by atoms with van der Waals surface area (Å²) < 4.78 is 20.1. The van der Waals surface area contributed by atoms with Crippen molar-refractivity contribution in [2.45, 2.75) is 144 Å². The Morgan fingerprint density at radius 2 is 1.05 bits per heavy atom. The topological polar surface area (TPSA) is 343 Å². The molecule has 2 aliphatic heterocycles.